The topological polar surface area (TPSA) is 214 Å². The number of thioether (sulfide) groups is 1. The first-order valence-corrected chi connectivity index (χ1v) is 11.1. The van der Waals surface area contributed by atoms with Gasteiger partial charge in [-0.15, -0.1) is 0 Å². The van der Waals surface area contributed by atoms with E-state index in [-0.39, 0.29) is 19.3 Å². The van der Waals surface area contributed by atoms with E-state index in [1.165, 1.54) is 11.8 Å². The van der Waals surface area contributed by atoms with Crippen molar-refractivity contribution in [1.29, 1.82) is 0 Å². The maximum Gasteiger partial charge on any atom is 0.328 e. The van der Waals surface area contributed by atoms with E-state index < -0.39 is 66.3 Å². The number of aliphatic hydroxyl groups is 1. The highest BCUT2D eigenvalue weighted by molar-refractivity contribution is 7.98. The summed E-state index contributed by atoms with van der Waals surface area (Å²) in [6.07, 6.45) is 2.01. The van der Waals surface area contributed by atoms with Crippen molar-refractivity contribution in [2.75, 3.05) is 18.6 Å². The normalized spacial score (nSPS) is 14.8. The van der Waals surface area contributed by atoms with Crippen LogP contribution in [-0.4, -0.2) is 82.6 Å². The van der Waals surface area contributed by atoms with Crippen LogP contribution >= 0.6 is 11.8 Å². The molecule has 9 N–H and O–H groups in total. The van der Waals surface area contributed by atoms with E-state index in [2.05, 4.69) is 16.0 Å². The number of rotatable bonds is 15. The Morgan fingerprint density at radius 2 is 1.52 bits per heavy atom. The molecule has 0 radical (unpaired) electrons. The van der Waals surface area contributed by atoms with E-state index in [4.69, 9.17) is 21.7 Å². The molecule has 12 nitrogen and oxygen atoms in total. The number of hydrogen-bond acceptors (Lipinski definition) is 8. The van der Waals surface area contributed by atoms with Gasteiger partial charge in [-0.1, -0.05) is 13.8 Å². The number of carboxylic acid groups (broad SMARTS) is 1. The molecule has 0 saturated carbocycles. The zero-order valence-corrected chi connectivity index (χ0v) is 18.7. The van der Waals surface area contributed by atoms with Crippen molar-refractivity contribution in [1.82, 2.24) is 16.0 Å². The average Bonchev–Trinajstić information content (AvgIpc) is 2.69. The Morgan fingerprint density at radius 1 is 0.935 bits per heavy atom. The lowest BCUT2D eigenvalue weighted by Crippen LogP contribution is -2.58. The SMILES string of the molecule is CSCCC(NC(=O)C(N)CCC(N)=O)C(=O)NC(C(=O)NC(CO)C(=O)O)C(C)C. The third-order valence-electron chi connectivity index (χ3n) is 4.33. The molecule has 4 amide bonds. The van der Waals surface area contributed by atoms with Crippen LogP contribution in [0.1, 0.15) is 33.1 Å². The van der Waals surface area contributed by atoms with Crippen molar-refractivity contribution < 1.29 is 34.2 Å². The maximum atomic E-state index is 12.8. The number of aliphatic carboxylic acids is 1. The molecule has 0 aromatic rings. The quantitative estimate of drug-likeness (QED) is 0.137. The zero-order valence-electron chi connectivity index (χ0n) is 17.9. The predicted octanol–water partition coefficient (Wildman–Crippen LogP) is -2.48. The van der Waals surface area contributed by atoms with Gasteiger partial charge < -0.3 is 37.6 Å². The molecule has 0 aliphatic heterocycles. The second-order valence-corrected chi connectivity index (χ2v) is 8.25. The largest absolute Gasteiger partial charge is 0.480 e. The molecular formula is C18H33N5O7S. The molecule has 0 rings (SSSR count). The van der Waals surface area contributed by atoms with Crippen LogP contribution < -0.4 is 27.4 Å². The first-order chi connectivity index (χ1) is 14.4. The summed E-state index contributed by atoms with van der Waals surface area (Å²) in [4.78, 5) is 59.4. The number of aliphatic hydroxyl groups excluding tert-OH is 1. The summed E-state index contributed by atoms with van der Waals surface area (Å²) < 4.78 is 0. The van der Waals surface area contributed by atoms with Crippen LogP contribution in [0.15, 0.2) is 0 Å². The van der Waals surface area contributed by atoms with Crippen molar-refractivity contribution in [3.05, 3.63) is 0 Å². The van der Waals surface area contributed by atoms with Gasteiger partial charge in [0.15, 0.2) is 0 Å². The number of carbonyl (C=O) groups excluding carboxylic acids is 4. The average molecular weight is 464 g/mol. The molecule has 0 aromatic heterocycles. The predicted molar refractivity (Wildman–Crippen MR) is 115 cm³/mol. The lowest BCUT2D eigenvalue weighted by molar-refractivity contribution is -0.143. The number of amides is 4. The van der Waals surface area contributed by atoms with Gasteiger partial charge >= 0.3 is 5.97 Å². The number of carboxylic acids is 1. The molecule has 0 fully saturated rings. The van der Waals surface area contributed by atoms with Crippen molar-refractivity contribution in [3.8, 4) is 0 Å². The first-order valence-electron chi connectivity index (χ1n) is 9.72. The molecule has 13 heteroatoms. The van der Waals surface area contributed by atoms with Crippen molar-refractivity contribution >= 4 is 41.4 Å². The molecule has 0 spiro atoms. The van der Waals surface area contributed by atoms with Gasteiger partial charge in [0.25, 0.3) is 0 Å². The van der Waals surface area contributed by atoms with E-state index in [9.17, 15) is 24.0 Å². The Hall–Kier alpha value is -2.38. The fraction of sp³-hybridized carbons (Fsp3) is 0.722. The minimum atomic E-state index is -1.51. The van der Waals surface area contributed by atoms with Gasteiger partial charge in [-0.05, 0) is 30.8 Å². The monoisotopic (exact) mass is 463 g/mol. The highest BCUT2D eigenvalue weighted by Gasteiger charge is 2.31. The summed E-state index contributed by atoms with van der Waals surface area (Å²) in [6.45, 7) is 2.48. The fourth-order valence-electron chi connectivity index (χ4n) is 2.45. The van der Waals surface area contributed by atoms with Crippen molar-refractivity contribution in [2.45, 2.75) is 57.3 Å². The van der Waals surface area contributed by atoms with Crippen LogP contribution in [0.4, 0.5) is 0 Å². The van der Waals surface area contributed by atoms with E-state index >= 15 is 0 Å². The van der Waals surface area contributed by atoms with Crippen LogP contribution in [0, 0.1) is 5.92 Å². The fourth-order valence-corrected chi connectivity index (χ4v) is 2.92. The van der Waals surface area contributed by atoms with Gasteiger partial charge in [0, 0.05) is 6.42 Å². The third-order valence-corrected chi connectivity index (χ3v) is 4.97. The molecule has 0 saturated heterocycles. The summed E-state index contributed by atoms with van der Waals surface area (Å²) in [5.74, 6) is -3.97. The molecule has 0 heterocycles. The van der Waals surface area contributed by atoms with E-state index in [0.29, 0.717) is 5.75 Å². The Kier molecular flexibility index (Phi) is 13.5. The smallest absolute Gasteiger partial charge is 0.328 e. The summed E-state index contributed by atoms with van der Waals surface area (Å²) in [5, 5.41) is 25.3. The van der Waals surface area contributed by atoms with E-state index in [1.54, 1.807) is 13.8 Å². The van der Waals surface area contributed by atoms with Gasteiger partial charge in [0.2, 0.25) is 23.6 Å². The molecular weight excluding hydrogens is 430 g/mol. The van der Waals surface area contributed by atoms with E-state index in [0.717, 1.165) is 0 Å². The summed E-state index contributed by atoms with van der Waals surface area (Å²) in [6, 6.07) is -4.65. The van der Waals surface area contributed by atoms with E-state index in [1.807, 2.05) is 6.26 Å². The number of nitrogens with two attached hydrogens (primary N) is 2. The molecule has 4 atom stereocenters. The van der Waals surface area contributed by atoms with Crippen LogP contribution in [0.3, 0.4) is 0 Å². The zero-order chi connectivity index (χ0) is 24.1. The lowest BCUT2D eigenvalue weighted by atomic mass is 10.0. The standard InChI is InChI=1S/C18H33N5O7S/c1-9(2)14(17(28)22-12(8-24)18(29)30)23-16(27)11(6-7-31-3)21-15(26)10(19)4-5-13(20)25/h9-12,14,24H,4-8,19H2,1-3H3,(H2,20,25)(H,21,26)(H,22,28)(H,23,27)(H,29,30). The lowest BCUT2D eigenvalue weighted by Gasteiger charge is -2.26. The Labute approximate surface area is 185 Å². The molecule has 178 valence electrons. The van der Waals surface area contributed by atoms with Gasteiger partial charge in [0.05, 0.1) is 12.6 Å². The first kappa shape index (κ1) is 28.6. The van der Waals surface area contributed by atoms with Crippen LogP contribution in [-0.2, 0) is 24.0 Å². The Balaban J connectivity index is 5.26. The van der Waals surface area contributed by atoms with Crippen LogP contribution in [0.2, 0.25) is 0 Å². The third kappa shape index (κ3) is 11.0. The van der Waals surface area contributed by atoms with Crippen molar-refractivity contribution in [3.63, 3.8) is 0 Å². The van der Waals surface area contributed by atoms with Gasteiger partial charge in [0.1, 0.15) is 18.1 Å². The van der Waals surface area contributed by atoms with Gasteiger partial charge in [-0.2, -0.15) is 11.8 Å². The Bertz CT molecular complexity index is 647. The molecule has 31 heavy (non-hydrogen) atoms. The summed E-state index contributed by atoms with van der Waals surface area (Å²) in [7, 11) is 0. The second-order valence-electron chi connectivity index (χ2n) is 7.27. The van der Waals surface area contributed by atoms with Crippen molar-refractivity contribution in [2.24, 2.45) is 17.4 Å². The minimum Gasteiger partial charge on any atom is -0.480 e. The molecule has 0 aromatic carbocycles. The molecule has 0 aliphatic carbocycles. The van der Waals surface area contributed by atoms with Gasteiger partial charge in [-0.3, -0.25) is 19.2 Å². The highest BCUT2D eigenvalue weighted by Crippen LogP contribution is 2.07. The number of primary amides is 1. The van der Waals surface area contributed by atoms with Crippen LogP contribution in [0.25, 0.3) is 0 Å². The van der Waals surface area contributed by atoms with Crippen LogP contribution in [0.5, 0.6) is 0 Å². The minimum absolute atomic E-state index is 0.0206. The molecule has 4 unspecified atom stereocenters. The van der Waals surface area contributed by atoms with Gasteiger partial charge in [-0.25, -0.2) is 4.79 Å². The summed E-state index contributed by atoms with van der Waals surface area (Å²) >= 11 is 1.45. The highest BCUT2D eigenvalue weighted by atomic mass is 32.2. The summed E-state index contributed by atoms with van der Waals surface area (Å²) in [5.41, 5.74) is 10.8. The number of carbonyl (C=O) groups is 5. The Morgan fingerprint density at radius 3 is 1.97 bits per heavy atom. The maximum absolute atomic E-state index is 12.8. The second kappa shape index (κ2) is 14.6. The molecule has 0 bridgehead atoms. The number of hydrogen-bond donors (Lipinski definition) is 7. The number of nitrogens with one attached hydrogen (secondary N) is 3. The molecule has 0 aliphatic rings.